The van der Waals surface area contributed by atoms with Crippen molar-refractivity contribution in [2.45, 2.75) is 6.92 Å². The maximum atomic E-state index is 11.0. The zero-order valence-corrected chi connectivity index (χ0v) is 10.9. The van der Waals surface area contributed by atoms with E-state index in [4.69, 9.17) is 5.73 Å². The summed E-state index contributed by atoms with van der Waals surface area (Å²) in [6.07, 6.45) is 0. The molecule has 0 spiro atoms. The monoisotopic (exact) mass is 296 g/mol. The molecule has 0 bridgehead atoms. The topological polar surface area (TPSA) is 56.0 Å². The molecule has 0 aliphatic carbocycles. The Labute approximate surface area is 105 Å². The number of hydrogen-bond donors (Lipinski definition) is 1. The van der Waals surface area contributed by atoms with Crippen molar-refractivity contribution in [3.8, 4) is 10.6 Å². The van der Waals surface area contributed by atoms with Crippen LogP contribution in [0.1, 0.15) is 16.1 Å². The first kappa shape index (κ1) is 11.3. The predicted molar refractivity (Wildman–Crippen MR) is 68.5 cm³/mol. The number of benzene rings is 1. The Morgan fingerprint density at radius 2 is 2.25 bits per heavy atom. The Morgan fingerprint density at radius 1 is 1.50 bits per heavy atom. The fraction of sp³-hybridized carbons (Fsp3) is 0.0909. The van der Waals surface area contributed by atoms with E-state index in [-0.39, 0.29) is 0 Å². The predicted octanol–water partition coefficient (Wildman–Crippen LogP) is 2.98. The average Bonchev–Trinajstić information content (AvgIpc) is 2.70. The van der Waals surface area contributed by atoms with Crippen molar-refractivity contribution in [3.05, 3.63) is 39.3 Å². The van der Waals surface area contributed by atoms with Crippen molar-refractivity contribution < 1.29 is 4.79 Å². The molecule has 0 atom stereocenters. The van der Waals surface area contributed by atoms with Gasteiger partial charge < -0.3 is 5.73 Å². The Hall–Kier alpha value is -1.20. The normalized spacial score (nSPS) is 10.4. The first-order valence-corrected chi connectivity index (χ1v) is 6.27. The Kier molecular flexibility index (Phi) is 3.07. The first-order chi connectivity index (χ1) is 7.58. The summed E-state index contributed by atoms with van der Waals surface area (Å²) in [6.45, 7) is 2.01. The number of rotatable bonds is 2. The number of carbonyl (C=O) groups excluding carboxylic acids is 1. The van der Waals surface area contributed by atoms with Crippen molar-refractivity contribution in [2.75, 3.05) is 0 Å². The number of nitrogens with two attached hydrogens (primary N) is 1. The second-order valence-electron chi connectivity index (χ2n) is 3.36. The summed E-state index contributed by atoms with van der Waals surface area (Å²) in [5.74, 6) is -0.491. The summed E-state index contributed by atoms with van der Waals surface area (Å²) in [5, 5.41) is 2.49. The van der Waals surface area contributed by atoms with Crippen LogP contribution in [0.2, 0.25) is 0 Å². The molecule has 2 rings (SSSR count). The molecule has 0 radical (unpaired) electrons. The number of halogens is 1. The van der Waals surface area contributed by atoms with E-state index >= 15 is 0 Å². The summed E-state index contributed by atoms with van der Waals surface area (Å²) in [7, 11) is 0. The van der Waals surface area contributed by atoms with Gasteiger partial charge in [0.15, 0.2) is 0 Å². The van der Waals surface area contributed by atoms with E-state index in [1.54, 1.807) is 5.38 Å². The van der Waals surface area contributed by atoms with Crippen molar-refractivity contribution in [1.29, 1.82) is 0 Å². The van der Waals surface area contributed by atoms with Crippen LogP contribution in [0.25, 0.3) is 10.6 Å². The number of thiazole rings is 1. The van der Waals surface area contributed by atoms with Gasteiger partial charge in [-0.3, -0.25) is 4.79 Å². The summed E-state index contributed by atoms with van der Waals surface area (Å²) >= 11 is 4.84. The minimum atomic E-state index is -0.491. The molecule has 0 fully saturated rings. The summed E-state index contributed by atoms with van der Waals surface area (Å²) < 4.78 is 0.990. The van der Waals surface area contributed by atoms with Gasteiger partial charge >= 0.3 is 0 Å². The van der Waals surface area contributed by atoms with E-state index in [1.165, 1.54) is 11.3 Å². The quantitative estimate of drug-likeness (QED) is 0.926. The van der Waals surface area contributed by atoms with Gasteiger partial charge in [0, 0.05) is 15.4 Å². The molecule has 5 heteroatoms. The smallest absolute Gasteiger partial charge is 0.268 e. The number of aromatic nitrogens is 1. The molecular weight excluding hydrogens is 288 g/mol. The number of nitrogens with zero attached hydrogens (tertiary/aromatic N) is 1. The molecule has 82 valence electrons. The minimum Gasteiger partial charge on any atom is -0.364 e. The molecule has 1 amide bonds. The zero-order valence-electron chi connectivity index (χ0n) is 8.53. The standard InChI is InChI=1S/C11H9BrN2OS/c1-6-2-3-7(12)4-8(6)11-14-9(5-16-11)10(13)15/h2-5H,1H3,(H2,13,15). The number of aryl methyl sites for hydroxylation is 1. The number of amides is 1. The lowest BCUT2D eigenvalue weighted by atomic mass is 10.1. The van der Waals surface area contributed by atoms with Crippen molar-refractivity contribution in [2.24, 2.45) is 5.73 Å². The molecule has 16 heavy (non-hydrogen) atoms. The summed E-state index contributed by atoms with van der Waals surface area (Å²) in [6, 6.07) is 5.96. The molecular formula is C11H9BrN2OS. The van der Waals surface area contributed by atoms with Crippen LogP contribution in [0.15, 0.2) is 28.1 Å². The molecule has 1 aromatic carbocycles. The van der Waals surface area contributed by atoms with Crippen LogP contribution in [-0.4, -0.2) is 10.9 Å². The number of hydrogen-bond acceptors (Lipinski definition) is 3. The third kappa shape index (κ3) is 2.15. The molecule has 2 N–H and O–H groups in total. The molecule has 0 aliphatic heterocycles. The molecule has 1 aromatic heterocycles. The second-order valence-corrected chi connectivity index (χ2v) is 5.14. The van der Waals surface area contributed by atoms with Crippen LogP contribution < -0.4 is 5.73 Å². The Bertz CT molecular complexity index is 551. The van der Waals surface area contributed by atoms with Gasteiger partial charge in [-0.25, -0.2) is 4.98 Å². The van der Waals surface area contributed by atoms with E-state index < -0.39 is 5.91 Å². The van der Waals surface area contributed by atoms with Crippen LogP contribution in [0.4, 0.5) is 0 Å². The average molecular weight is 297 g/mol. The highest BCUT2D eigenvalue weighted by Gasteiger charge is 2.10. The lowest BCUT2D eigenvalue weighted by molar-refractivity contribution is 0.0996. The SMILES string of the molecule is Cc1ccc(Br)cc1-c1nc(C(N)=O)cs1. The summed E-state index contributed by atoms with van der Waals surface area (Å²) in [5.41, 5.74) is 7.63. The van der Waals surface area contributed by atoms with Crippen molar-refractivity contribution in [3.63, 3.8) is 0 Å². The van der Waals surface area contributed by atoms with Crippen molar-refractivity contribution in [1.82, 2.24) is 4.98 Å². The molecule has 0 aliphatic rings. The van der Waals surface area contributed by atoms with E-state index in [9.17, 15) is 4.79 Å². The lowest BCUT2D eigenvalue weighted by Gasteiger charge is -2.02. The Morgan fingerprint density at radius 3 is 2.88 bits per heavy atom. The maximum absolute atomic E-state index is 11.0. The van der Waals surface area contributed by atoms with E-state index in [0.29, 0.717) is 5.69 Å². The molecule has 2 aromatic rings. The first-order valence-electron chi connectivity index (χ1n) is 4.60. The third-order valence-electron chi connectivity index (χ3n) is 2.19. The molecule has 1 heterocycles. The largest absolute Gasteiger partial charge is 0.364 e. The highest BCUT2D eigenvalue weighted by Crippen LogP contribution is 2.29. The van der Waals surface area contributed by atoms with Crippen LogP contribution in [-0.2, 0) is 0 Å². The van der Waals surface area contributed by atoms with Crippen LogP contribution in [0.3, 0.4) is 0 Å². The van der Waals surface area contributed by atoms with Crippen molar-refractivity contribution >= 4 is 33.2 Å². The second kappa shape index (κ2) is 4.35. The minimum absolute atomic E-state index is 0.319. The van der Waals surface area contributed by atoms with Crippen LogP contribution >= 0.6 is 27.3 Å². The van der Waals surface area contributed by atoms with Gasteiger partial charge in [-0.2, -0.15) is 0 Å². The maximum Gasteiger partial charge on any atom is 0.268 e. The van der Waals surface area contributed by atoms with Gasteiger partial charge in [-0.1, -0.05) is 22.0 Å². The van der Waals surface area contributed by atoms with E-state index in [0.717, 1.165) is 20.6 Å². The molecule has 3 nitrogen and oxygen atoms in total. The van der Waals surface area contributed by atoms with Gasteiger partial charge in [-0.15, -0.1) is 11.3 Å². The summed E-state index contributed by atoms with van der Waals surface area (Å²) in [4.78, 5) is 15.2. The zero-order chi connectivity index (χ0) is 11.7. The fourth-order valence-electron chi connectivity index (χ4n) is 1.34. The van der Waals surface area contributed by atoms with E-state index in [1.807, 2.05) is 25.1 Å². The molecule has 0 saturated carbocycles. The molecule has 0 unspecified atom stereocenters. The van der Waals surface area contributed by atoms with Gasteiger partial charge in [0.25, 0.3) is 5.91 Å². The van der Waals surface area contributed by atoms with Gasteiger partial charge in [0.05, 0.1) is 0 Å². The van der Waals surface area contributed by atoms with Crippen LogP contribution in [0.5, 0.6) is 0 Å². The van der Waals surface area contributed by atoms with Gasteiger partial charge in [0.2, 0.25) is 0 Å². The highest BCUT2D eigenvalue weighted by atomic mass is 79.9. The number of primary amides is 1. The molecule has 0 saturated heterocycles. The Balaban J connectivity index is 2.50. The van der Waals surface area contributed by atoms with Gasteiger partial charge in [-0.05, 0) is 24.6 Å². The van der Waals surface area contributed by atoms with Crippen LogP contribution in [0, 0.1) is 6.92 Å². The van der Waals surface area contributed by atoms with Gasteiger partial charge in [0.1, 0.15) is 10.7 Å². The highest BCUT2D eigenvalue weighted by molar-refractivity contribution is 9.10. The fourth-order valence-corrected chi connectivity index (χ4v) is 2.59. The third-order valence-corrected chi connectivity index (χ3v) is 3.56. The van der Waals surface area contributed by atoms with E-state index in [2.05, 4.69) is 20.9 Å². The number of carbonyl (C=O) groups is 1. The lowest BCUT2D eigenvalue weighted by Crippen LogP contribution is -2.10.